The molecule has 0 aromatic heterocycles. The molecule has 5 rings (SSSR count). The van der Waals surface area contributed by atoms with E-state index in [-0.39, 0.29) is 47.1 Å². The van der Waals surface area contributed by atoms with Crippen LogP contribution < -0.4 is 0 Å². The molecule has 1 saturated heterocycles. The van der Waals surface area contributed by atoms with Crippen molar-refractivity contribution in [2.75, 3.05) is 13.2 Å². The minimum absolute atomic E-state index is 0.00387. The number of hydrogen-bond donors (Lipinski definition) is 6. The molecule has 0 radical (unpaired) electrons. The molecule has 0 aromatic carbocycles. The Balaban J connectivity index is 1.40. The van der Waals surface area contributed by atoms with Crippen molar-refractivity contribution in [1.82, 2.24) is 0 Å². The number of allylic oxidation sites excluding steroid dienone is 2. The fraction of sp³-hybridized carbons (Fsp3) is 0.861. The van der Waals surface area contributed by atoms with E-state index in [0.717, 1.165) is 31.3 Å². The normalized spacial score (nSPS) is 47.8. The third-order valence-electron chi connectivity index (χ3n) is 13.9. The predicted molar refractivity (Wildman–Crippen MR) is 169 cm³/mol. The second-order valence-corrected chi connectivity index (χ2v) is 16.5. The number of carbonyl (C=O) groups excluding carboxylic acids is 1. The SMILES string of the molecule is CC(=CCCC(C)(O)C1CCC2(C)C3CC=C4C(CCC(OC5OC(CO)C(O)C(O)C5O)C4(C)C)C3(C)C(=O)CC12C)CO. The van der Waals surface area contributed by atoms with E-state index in [1.165, 1.54) is 5.57 Å². The molecule has 0 spiro atoms. The van der Waals surface area contributed by atoms with Gasteiger partial charge in [0.05, 0.1) is 24.9 Å². The van der Waals surface area contributed by atoms with Crippen LogP contribution in [0.4, 0.5) is 0 Å². The number of carbonyl (C=O) groups is 1. The van der Waals surface area contributed by atoms with Gasteiger partial charge in [0, 0.05) is 17.3 Å². The zero-order chi connectivity index (χ0) is 33.3. The summed E-state index contributed by atoms with van der Waals surface area (Å²) in [7, 11) is 0. The number of ketones is 1. The van der Waals surface area contributed by atoms with Crippen LogP contribution in [0.25, 0.3) is 0 Å². The molecule has 13 atom stereocenters. The van der Waals surface area contributed by atoms with Gasteiger partial charge in [-0.3, -0.25) is 4.79 Å². The van der Waals surface area contributed by atoms with Crippen molar-refractivity contribution < 1.29 is 44.9 Å². The summed E-state index contributed by atoms with van der Waals surface area (Å²) >= 11 is 0. The maximum Gasteiger partial charge on any atom is 0.187 e. The van der Waals surface area contributed by atoms with E-state index in [0.29, 0.717) is 25.7 Å². The van der Waals surface area contributed by atoms with Crippen molar-refractivity contribution in [3.63, 3.8) is 0 Å². The van der Waals surface area contributed by atoms with E-state index < -0.39 is 53.7 Å². The maximum absolute atomic E-state index is 14.6. The van der Waals surface area contributed by atoms with Gasteiger partial charge in [0.15, 0.2) is 6.29 Å². The summed E-state index contributed by atoms with van der Waals surface area (Å²) in [6.07, 6.45) is 3.03. The Bertz CT molecular complexity index is 1190. The molecule has 45 heavy (non-hydrogen) atoms. The highest BCUT2D eigenvalue weighted by Crippen LogP contribution is 2.74. The van der Waals surface area contributed by atoms with Crippen LogP contribution in [0.2, 0.25) is 0 Å². The number of aliphatic hydroxyl groups excluding tert-OH is 5. The highest BCUT2D eigenvalue weighted by Gasteiger charge is 2.71. The van der Waals surface area contributed by atoms with Crippen LogP contribution in [0.5, 0.6) is 0 Å². The van der Waals surface area contributed by atoms with Crippen molar-refractivity contribution in [3.05, 3.63) is 23.3 Å². The molecule has 1 aliphatic heterocycles. The fourth-order valence-electron chi connectivity index (χ4n) is 10.8. The van der Waals surface area contributed by atoms with Crippen LogP contribution in [-0.4, -0.2) is 92.0 Å². The molecule has 1 heterocycles. The van der Waals surface area contributed by atoms with Gasteiger partial charge in [-0.25, -0.2) is 0 Å². The summed E-state index contributed by atoms with van der Waals surface area (Å²) in [6.45, 7) is 14.4. The van der Waals surface area contributed by atoms with Crippen LogP contribution in [-0.2, 0) is 14.3 Å². The van der Waals surface area contributed by atoms with Crippen LogP contribution in [0, 0.1) is 39.4 Å². The molecule has 13 unspecified atom stereocenters. The molecular weight excluding hydrogens is 576 g/mol. The van der Waals surface area contributed by atoms with E-state index in [4.69, 9.17) is 9.47 Å². The Labute approximate surface area is 268 Å². The van der Waals surface area contributed by atoms with Gasteiger partial charge < -0.3 is 40.1 Å². The van der Waals surface area contributed by atoms with Crippen molar-refractivity contribution in [2.24, 2.45) is 39.4 Å². The maximum atomic E-state index is 14.6. The Morgan fingerprint density at radius 2 is 1.73 bits per heavy atom. The van der Waals surface area contributed by atoms with Crippen molar-refractivity contribution in [3.8, 4) is 0 Å². The van der Waals surface area contributed by atoms with Gasteiger partial charge >= 0.3 is 0 Å². The third-order valence-corrected chi connectivity index (χ3v) is 13.9. The van der Waals surface area contributed by atoms with Gasteiger partial charge in [-0.05, 0) is 87.4 Å². The third kappa shape index (κ3) is 5.32. The number of Topliss-reactive ketones (excluding diaryl/α,β-unsaturated/α-hetero) is 1. The van der Waals surface area contributed by atoms with Crippen molar-refractivity contribution in [1.29, 1.82) is 0 Å². The minimum Gasteiger partial charge on any atom is -0.394 e. The van der Waals surface area contributed by atoms with Gasteiger partial charge in [-0.1, -0.05) is 57.9 Å². The zero-order valence-electron chi connectivity index (χ0n) is 28.3. The first-order chi connectivity index (χ1) is 20.9. The topological polar surface area (TPSA) is 157 Å². The van der Waals surface area contributed by atoms with Gasteiger partial charge in [-0.15, -0.1) is 0 Å². The number of rotatable bonds is 8. The molecule has 4 aliphatic carbocycles. The molecule has 3 saturated carbocycles. The van der Waals surface area contributed by atoms with Gasteiger partial charge in [0.1, 0.15) is 30.2 Å². The number of aliphatic hydroxyl groups is 6. The summed E-state index contributed by atoms with van der Waals surface area (Å²) in [5.74, 6) is 0.462. The molecule has 0 bridgehead atoms. The zero-order valence-corrected chi connectivity index (χ0v) is 28.3. The standard InChI is InChI=1S/C36H58O9/c1-20(18-37)9-8-15-35(6,43)24-14-16-33(4)25-12-10-21-22(36(25,7)26(39)17-34(24,33)5)11-13-27(32(21,2)3)45-31-30(42)29(41)28(40)23(19-38)44-31/h9-10,22-25,27-31,37-38,40-43H,8,11-19H2,1-7H3. The van der Waals surface area contributed by atoms with E-state index in [1.54, 1.807) is 0 Å². The van der Waals surface area contributed by atoms with Crippen LogP contribution in [0.1, 0.15) is 99.8 Å². The minimum atomic E-state index is -1.50. The highest BCUT2D eigenvalue weighted by atomic mass is 16.7. The Morgan fingerprint density at radius 1 is 1.04 bits per heavy atom. The van der Waals surface area contributed by atoms with Crippen molar-refractivity contribution >= 4 is 5.78 Å². The van der Waals surface area contributed by atoms with Gasteiger partial charge in [0.2, 0.25) is 0 Å². The lowest BCUT2D eigenvalue weighted by Gasteiger charge is -2.65. The molecule has 5 aliphatic rings. The Hall–Kier alpha value is -1.17. The molecular formula is C36H58O9. The molecule has 256 valence electrons. The fourth-order valence-corrected chi connectivity index (χ4v) is 10.8. The first kappa shape index (κ1) is 35.1. The summed E-state index contributed by atoms with van der Waals surface area (Å²) < 4.78 is 12.0. The molecule has 9 heteroatoms. The molecule has 4 fully saturated rings. The molecule has 0 amide bonds. The van der Waals surface area contributed by atoms with Crippen LogP contribution >= 0.6 is 0 Å². The Morgan fingerprint density at radius 3 is 2.38 bits per heavy atom. The smallest absolute Gasteiger partial charge is 0.187 e. The average Bonchev–Trinajstić information content (AvgIpc) is 3.25. The Kier molecular flexibility index (Phi) is 9.42. The van der Waals surface area contributed by atoms with E-state index in [2.05, 4.69) is 40.7 Å². The van der Waals surface area contributed by atoms with Crippen molar-refractivity contribution in [2.45, 2.75) is 142 Å². The number of fused-ring (bicyclic) bond motifs is 5. The molecule has 6 N–H and O–H groups in total. The van der Waals surface area contributed by atoms with Gasteiger partial charge in [0.25, 0.3) is 0 Å². The average molecular weight is 635 g/mol. The highest BCUT2D eigenvalue weighted by molar-refractivity contribution is 5.88. The van der Waals surface area contributed by atoms with E-state index in [9.17, 15) is 35.4 Å². The first-order valence-corrected chi connectivity index (χ1v) is 17.1. The summed E-state index contributed by atoms with van der Waals surface area (Å²) in [4.78, 5) is 14.6. The summed E-state index contributed by atoms with van der Waals surface area (Å²) in [5, 5.41) is 62.1. The van der Waals surface area contributed by atoms with E-state index in [1.807, 2.05) is 19.9 Å². The second-order valence-electron chi connectivity index (χ2n) is 16.5. The predicted octanol–water partition coefficient (Wildman–Crippen LogP) is 3.43. The monoisotopic (exact) mass is 634 g/mol. The molecule has 0 aromatic rings. The summed E-state index contributed by atoms with van der Waals surface area (Å²) in [5.41, 5.74) is -0.335. The second kappa shape index (κ2) is 12.1. The van der Waals surface area contributed by atoms with E-state index >= 15 is 0 Å². The first-order valence-electron chi connectivity index (χ1n) is 17.1. The lowest BCUT2D eigenvalue weighted by Crippen LogP contribution is -2.64. The largest absolute Gasteiger partial charge is 0.394 e. The quantitative estimate of drug-likeness (QED) is 0.220. The summed E-state index contributed by atoms with van der Waals surface area (Å²) in [6, 6.07) is 0. The number of hydrogen-bond acceptors (Lipinski definition) is 9. The lowest BCUT2D eigenvalue weighted by molar-refractivity contribution is -0.319. The molecule has 9 nitrogen and oxygen atoms in total. The van der Waals surface area contributed by atoms with Crippen LogP contribution in [0.15, 0.2) is 23.3 Å². The number of ether oxygens (including phenoxy) is 2. The van der Waals surface area contributed by atoms with Gasteiger partial charge in [-0.2, -0.15) is 0 Å². The lowest BCUT2D eigenvalue weighted by atomic mass is 9.38. The van der Waals surface area contributed by atoms with Crippen LogP contribution in [0.3, 0.4) is 0 Å².